The molecule has 2 heterocycles. The van der Waals surface area contributed by atoms with E-state index in [0.29, 0.717) is 47.5 Å². The van der Waals surface area contributed by atoms with Crippen molar-refractivity contribution in [1.82, 2.24) is 10.6 Å². The zero-order chi connectivity index (χ0) is 20.9. The standard InChI is InChI=1S/C23H26N2O5/c1-24-22(28)15-7-13(21(27)25-19-16-9-29-10-17(16)19)8-18-20(15)30-12-23(18,11-26)14-5-3-2-4-6-14/h2-8,16-17,19,22,24,26,28H,9-12H2,1H3,(H,25,27)/t16-,17+,19+,22?,23-/m1/s1. The number of hydrogen-bond acceptors (Lipinski definition) is 6. The number of aliphatic hydroxyl groups excluding tert-OH is 2. The van der Waals surface area contributed by atoms with Crippen LogP contribution in [0.5, 0.6) is 5.75 Å². The van der Waals surface area contributed by atoms with Gasteiger partial charge < -0.3 is 25.0 Å². The summed E-state index contributed by atoms with van der Waals surface area (Å²) in [6.45, 7) is 1.45. The Kier molecular flexibility index (Phi) is 4.78. The maximum absolute atomic E-state index is 13.1. The van der Waals surface area contributed by atoms with E-state index >= 15 is 0 Å². The van der Waals surface area contributed by atoms with Gasteiger partial charge in [-0.15, -0.1) is 0 Å². The number of amides is 1. The van der Waals surface area contributed by atoms with Gasteiger partial charge in [0.05, 0.1) is 25.2 Å². The van der Waals surface area contributed by atoms with E-state index in [0.717, 1.165) is 5.56 Å². The van der Waals surface area contributed by atoms with E-state index in [-0.39, 0.29) is 25.2 Å². The second-order valence-corrected chi connectivity index (χ2v) is 8.39. The Labute approximate surface area is 175 Å². The monoisotopic (exact) mass is 410 g/mol. The molecule has 2 aromatic carbocycles. The minimum atomic E-state index is -0.995. The second kappa shape index (κ2) is 7.35. The summed E-state index contributed by atoms with van der Waals surface area (Å²) in [4.78, 5) is 13.1. The normalized spacial score (nSPS) is 29.6. The zero-order valence-corrected chi connectivity index (χ0v) is 16.8. The van der Waals surface area contributed by atoms with Crippen LogP contribution in [-0.4, -0.2) is 55.6 Å². The van der Waals surface area contributed by atoms with Crippen molar-refractivity contribution in [2.45, 2.75) is 17.7 Å². The Balaban J connectivity index is 1.56. The summed E-state index contributed by atoms with van der Waals surface area (Å²) in [7, 11) is 1.64. The summed E-state index contributed by atoms with van der Waals surface area (Å²) in [6, 6.07) is 13.2. The molecule has 2 aromatic rings. The fourth-order valence-electron chi connectivity index (χ4n) is 4.84. The van der Waals surface area contributed by atoms with Crippen LogP contribution in [0.4, 0.5) is 0 Å². The van der Waals surface area contributed by atoms with Crippen LogP contribution in [0.2, 0.25) is 0 Å². The number of aliphatic hydroxyl groups is 2. The molecule has 0 radical (unpaired) electrons. The van der Waals surface area contributed by atoms with Gasteiger partial charge in [-0.05, 0) is 24.7 Å². The highest BCUT2D eigenvalue weighted by molar-refractivity contribution is 5.95. The minimum absolute atomic E-state index is 0.144. The first-order valence-corrected chi connectivity index (χ1v) is 10.3. The van der Waals surface area contributed by atoms with Crippen molar-refractivity contribution in [3.05, 3.63) is 64.7 Å². The lowest BCUT2D eigenvalue weighted by Gasteiger charge is -2.27. The van der Waals surface area contributed by atoms with E-state index in [9.17, 15) is 15.0 Å². The van der Waals surface area contributed by atoms with Gasteiger partial charge >= 0.3 is 0 Å². The van der Waals surface area contributed by atoms with Crippen molar-refractivity contribution in [3.63, 3.8) is 0 Å². The van der Waals surface area contributed by atoms with Crippen LogP contribution in [0.15, 0.2) is 42.5 Å². The summed E-state index contributed by atoms with van der Waals surface area (Å²) in [5.41, 5.74) is 1.77. The van der Waals surface area contributed by atoms with Crippen LogP contribution in [-0.2, 0) is 10.2 Å². The molecule has 2 aliphatic heterocycles. The molecular formula is C23H26N2O5. The molecule has 1 aliphatic carbocycles. The summed E-state index contributed by atoms with van der Waals surface area (Å²) in [6.07, 6.45) is -0.995. The maximum Gasteiger partial charge on any atom is 0.251 e. The highest BCUT2D eigenvalue weighted by atomic mass is 16.5. The molecule has 1 saturated carbocycles. The number of ether oxygens (including phenoxy) is 2. The Morgan fingerprint density at radius 3 is 2.63 bits per heavy atom. The lowest BCUT2D eigenvalue weighted by Crippen LogP contribution is -2.34. The molecule has 1 unspecified atom stereocenters. The highest BCUT2D eigenvalue weighted by Gasteiger charge is 2.55. The van der Waals surface area contributed by atoms with Gasteiger partial charge in [-0.1, -0.05) is 30.3 Å². The highest BCUT2D eigenvalue weighted by Crippen LogP contribution is 2.47. The predicted molar refractivity (Wildman–Crippen MR) is 109 cm³/mol. The number of rotatable bonds is 6. The molecule has 0 aromatic heterocycles. The smallest absolute Gasteiger partial charge is 0.251 e. The van der Waals surface area contributed by atoms with E-state index in [4.69, 9.17) is 9.47 Å². The summed E-state index contributed by atoms with van der Waals surface area (Å²) in [5, 5.41) is 26.9. The molecule has 5 atom stereocenters. The second-order valence-electron chi connectivity index (χ2n) is 8.39. The first kappa shape index (κ1) is 19.5. The van der Waals surface area contributed by atoms with E-state index < -0.39 is 11.6 Å². The van der Waals surface area contributed by atoms with Crippen molar-refractivity contribution in [2.75, 3.05) is 33.5 Å². The van der Waals surface area contributed by atoms with E-state index in [1.54, 1.807) is 19.2 Å². The number of carbonyl (C=O) groups excluding carboxylic acids is 1. The molecule has 0 spiro atoms. The van der Waals surface area contributed by atoms with Crippen molar-refractivity contribution < 1.29 is 24.5 Å². The van der Waals surface area contributed by atoms with Gasteiger partial charge in [0.2, 0.25) is 0 Å². The van der Waals surface area contributed by atoms with Gasteiger partial charge in [0.25, 0.3) is 5.91 Å². The van der Waals surface area contributed by atoms with E-state index in [1.807, 2.05) is 30.3 Å². The molecule has 3 aliphatic rings. The van der Waals surface area contributed by atoms with Crippen molar-refractivity contribution in [2.24, 2.45) is 11.8 Å². The fourth-order valence-corrected chi connectivity index (χ4v) is 4.84. The topological polar surface area (TPSA) is 100 Å². The molecule has 158 valence electrons. The lowest BCUT2D eigenvalue weighted by molar-refractivity contribution is 0.0928. The maximum atomic E-state index is 13.1. The predicted octanol–water partition coefficient (Wildman–Crippen LogP) is 0.942. The Hall–Kier alpha value is -2.45. The first-order valence-electron chi connectivity index (χ1n) is 10.3. The third-order valence-corrected chi connectivity index (χ3v) is 6.77. The fraction of sp³-hybridized carbons (Fsp3) is 0.435. The third-order valence-electron chi connectivity index (χ3n) is 6.77. The average molecular weight is 410 g/mol. The van der Waals surface area contributed by atoms with E-state index in [1.165, 1.54) is 0 Å². The first-order chi connectivity index (χ1) is 14.6. The molecule has 0 bridgehead atoms. The van der Waals surface area contributed by atoms with Crippen LogP contribution in [0.1, 0.15) is 33.3 Å². The number of hydrogen-bond donors (Lipinski definition) is 4. The van der Waals surface area contributed by atoms with Crippen molar-refractivity contribution >= 4 is 5.91 Å². The van der Waals surface area contributed by atoms with Gasteiger partial charge in [0, 0.05) is 34.6 Å². The molecule has 5 rings (SSSR count). The molecule has 1 saturated heterocycles. The van der Waals surface area contributed by atoms with Crippen LogP contribution in [0, 0.1) is 11.8 Å². The van der Waals surface area contributed by atoms with Gasteiger partial charge in [-0.2, -0.15) is 0 Å². The summed E-state index contributed by atoms with van der Waals surface area (Å²) >= 11 is 0. The van der Waals surface area contributed by atoms with Crippen LogP contribution in [0.25, 0.3) is 0 Å². The van der Waals surface area contributed by atoms with Gasteiger partial charge in [-0.3, -0.25) is 10.1 Å². The minimum Gasteiger partial charge on any atom is -0.491 e. The van der Waals surface area contributed by atoms with Gasteiger partial charge in [-0.25, -0.2) is 0 Å². The molecule has 2 fully saturated rings. The lowest BCUT2D eigenvalue weighted by atomic mass is 9.76. The average Bonchev–Trinajstić information content (AvgIpc) is 3.14. The van der Waals surface area contributed by atoms with Crippen LogP contribution >= 0.6 is 0 Å². The number of benzene rings is 2. The Morgan fingerprint density at radius 1 is 1.23 bits per heavy atom. The quantitative estimate of drug-likeness (QED) is 0.529. The third kappa shape index (κ3) is 2.93. The van der Waals surface area contributed by atoms with Crippen LogP contribution < -0.4 is 15.4 Å². The van der Waals surface area contributed by atoms with E-state index in [2.05, 4.69) is 10.6 Å². The van der Waals surface area contributed by atoms with Gasteiger partial charge in [0.15, 0.2) is 0 Å². The molecule has 1 amide bonds. The molecule has 30 heavy (non-hydrogen) atoms. The van der Waals surface area contributed by atoms with Crippen molar-refractivity contribution in [1.29, 1.82) is 0 Å². The number of carbonyl (C=O) groups is 1. The summed E-state index contributed by atoms with van der Waals surface area (Å²) in [5.74, 6) is 1.13. The SMILES string of the molecule is CNC(O)c1cc(C(=O)N[C@H]2[C@@H]3COC[C@@H]32)cc2c1OC[C@]2(CO)c1ccccc1. The molecule has 4 N–H and O–H groups in total. The molecule has 7 heteroatoms. The molecular weight excluding hydrogens is 384 g/mol. The van der Waals surface area contributed by atoms with Gasteiger partial charge in [0.1, 0.15) is 18.6 Å². The summed E-state index contributed by atoms with van der Waals surface area (Å²) < 4.78 is 11.4. The Morgan fingerprint density at radius 2 is 1.97 bits per heavy atom. The Bertz CT molecular complexity index is 956. The van der Waals surface area contributed by atoms with Crippen molar-refractivity contribution in [3.8, 4) is 5.75 Å². The largest absolute Gasteiger partial charge is 0.491 e. The number of fused-ring (bicyclic) bond motifs is 2. The molecule has 7 nitrogen and oxygen atoms in total. The number of nitrogens with one attached hydrogen (secondary N) is 2. The zero-order valence-electron chi connectivity index (χ0n) is 16.8. The van der Waals surface area contributed by atoms with Crippen LogP contribution in [0.3, 0.4) is 0 Å².